The van der Waals surface area contributed by atoms with Crippen LogP contribution in [0.25, 0.3) is 0 Å². The second-order valence-electron chi connectivity index (χ2n) is 8.85. The molecule has 1 aromatic heterocycles. The molecule has 1 unspecified atom stereocenters. The molecule has 3 atom stereocenters. The summed E-state index contributed by atoms with van der Waals surface area (Å²) in [5, 5.41) is 0. The van der Waals surface area contributed by atoms with Gasteiger partial charge in [-0.3, -0.25) is 0 Å². The molecule has 0 spiro atoms. The van der Waals surface area contributed by atoms with E-state index in [0.717, 1.165) is 43.7 Å². The number of alkyl halides is 6. The van der Waals surface area contributed by atoms with E-state index in [0.29, 0.717) is 25.3 Å². The van der Waals surface area contributed by atoms with E-state index in [9.17, 15) is 26.3 Å². The highest BCUT2D eigenvalue weighted by Gasteiger charge is 2.42. The van der Waals surface area contributed by atoms with Crippen molar-refractivity contribution >= 4 is 5.82 Å². The second kappa shape index (κ2) is 9.54. The van der Waals surface area contributed by atoms with Crippen LogP contribution in [0.4, 0.5) is 32.2 Å². The first-order valence-electron chi connectivity index (χ1n) is 11.3. The van der Waals surface area contributed by atoms with Gasteiger partial charge < -0.3 is 14.4 Å². The number of rotatable bonds is 6. The van der Waals surface area contributed by atoms with Gasteiger partial charge in [0.05, 0.1) is 17.7 Å². The van der Waals surface area contributed by atoms with Gasteiger partial charge in [0, 0.05) is 31.1 Å². The summed E-state index contributed by atoms with van der Waals surface area (Å²) in [5.41, 5.74) is -1.59. The summed E-state index contributed by atoms with van der Waals surface area (Å²) in [6.07, 6.45) is -4.97. The maximum atomic E-state index is 13.2. The van der Waals surface area contributed by atoms with Crippen molar-refractivity contribution in [1.29, 1.82) is 0 Å². The Labute approximate surface area is 193 Å². The lowest BCUT2D eigenvalue weighted by Crippen LogP contribution is -2.54. The first-order chi connectivity index (χ1) is 16.1. The quantitative estimate of drug-likeness (QED) is 0.430. The van der Waals surface area contributed by atoms with Crippen molar-refractivity contribution in [2.75, 3.05) is 24.6 Å². The molecule has 0 amide bonds. The minimum atomic E-state index is -4.49. The van der Waals surface area contributed by atoms with Crippen molar-refractivity contribution in [3.05, 3.63) is 47.7 Å². The van der Waals surface area contributed by atoms with Gasteiger partial charge in [-0.15, -0.1) is 0 Å². The molecule has 186 valence electrons. The van der Waals surface area contributed by atoms with Gasteiger partial charge >= 0.3 is 12.4 Å². The fraction of sp³-hybridized carbons (Fsp3) is 0.542. The van der Waals surface area contributed by atoms with Gasteiger partial charge in [0.2, 0.25) is 0 Å². The molecule has 1 saturated carbocycles. The molecule has 4 nitrogen and oxygen atoms in total. The third-order valence-electron chi connectivity index (χ3n) is 6.38. The van der Waals surface area contributed by atoms with E-state index in [1.165, 1.54) is 12.1 Å². The van der Waals surface area contributed by atoms with Crippen molar-refractivity contribution in [1.82, 2.24) is 4.98 Å². The molecule has 1 aliphatic heterocycles. The molecule has 0 radical (unpaired) electrons. The number of hydrogen-bond donors (Lipinski definition) is 0. The van der Waals surface area contributed by atoms with Crippen LogP contribution >= 0.6 is 0 Å². The Morgan fingerprint density at radius 2 is 1.56 bits per heavy atom. The van der Waals surface area contributed by atoms with Crippen LogP contribution in [-0.2, 0) is 12.4 Å². The van der Waals surface area contributed by atoms with Crippen LogP contribution in [0.5, 0.6) is 11.5 Å². The highest BCUT2D eigenvalue weighted by atomic mass is 19.4. The number of halogens is 6. The molecule has 2 heterocycles. The fourth-order valence-electron chi connectivity index (χ4n) is 4.76. The van der Waals surface area contributed by atoms with E-state index < -0.39 is 23.5 Å². The van der Waals surface area contributed by atoms with E-state index in [4.69, 9.17) is 9.47 Å². The summed E-state index contributed by atoms with van der Waals surface area (Å²) < 4.78 is 90.0. The van der Waals surface area contributed by atoms with Crippen LogP contribution in [0, 0.1) is 11.8 Å². The number of piperidine rings is 1. The average molecular weight is 488 g/mol. The molecule has 1 saturated heterocycles. The Bertz CT molecular complexity index is 963. The molecular formula is C24H26F6N2O2. The Hall–Kier alpha value is -2.65. The number of benzene rings is 1. The first kappa shape index (κ1) is 24.5. The smallest absolute Gasteiger partial charge is 0.417 e. The van der Waals surface area contributed by atoms with E-state index in [1.54, 1.807) is 0 Å². The van der Waals surface area contributed by atoms with Crippen molar-refractivity contribution in [3.63, 3.8) is 0 Å². The van der Waals surface area contributed by atoms with Gasteiger partial charge in [-0.1, -0.05) is 13.3 Å². The molecule has 2 fully saturated rings. The van der Waals surface area contributed by atoms with Crippen molar-refractivity contribution in [2.24, 2.45) is 11.8 Å². The van der Waals surface area contributed by atoms with Crippen LogP contribution in [0.15, 0.2) is 36.5 Å². The molecule has 34 heavy (non-hydrogen) atoms. The number of aromatic nitrogens is 1. The van der Waals surface area contributed by atoms with Gasteiger partial charge in [0.25, 0.3) is 0 Å². The zero-order valence-electron chi connectivity index (χ0n) is 18.6. The minimum Gasteiger partial charge on any atom is -0.490 e. The molecule has 1 aliphatic carbocycles. The molecular weight excluding hydrogens is 462 g/mol. The summed E-state index contributed by atoms with van der Waals surface area (Å²) in [7, 11) is 0. The Morgan fingerprint density at radius 1 is 0.912 bits per heavy atom. The summed E-state index contributed by atoms with van der Waals surface area (Å²) in [6, 6.07) is 5.69. The largest absolute Gasteiger partial charge is 0.490 e. The number of ether oxygens (including phenoxy) is 2. The summed E-state index contributed by atoms with van der Waals surface area (Å²) in [6.45, 7) is 3.22. The van der Waals surface area contributed by atoms with Crippen LogP contribution < -0.4 is 14.4 Å². The average Bonchev–Trinajstić information content (AvgIpc) is 2.77. The highest BCUT2D eigenvalue weighted by Crippen LogP contribution is 2.42. The molecule has 2 aliphatic rings. The van der Waals surface area contributed by atoms with E-state index in [1.807, 2.05) is 11.8 Å². The number of nitrogens with zero attached hydrogens (tertiary/aromatic N) is 2. The maximum absolute atomic E-state index is 13.2. The number of anilines is 1. The predicted octanol–water partition coefficient (Wildman–Crippen LogP) is 6.59. The topological polar surface area (TPSA) is 34.6 Å². The lowest BCUT2D eigenvalue weighted by Gasteiger charge is -2.47. The molecule has 1 aromatic carbocycles. The van der Waals surface area contributed by atoms with Gasteiger partial charge in [-0.05, 0) is 49.6 Å². The van der Waals surface area contributed by atoms with Crippen LogP contribution in [0.3, 0.4) is 0 Å². The maximum Gasteiger partial charge on any atom is 0.417 e. The number of fused-ring (bicyclic) bond motifs is 2. The van der Waals surface area contributed by atoms with Crippen LogP contribution in [0.2, 0.25) is 0 Å². The second-order valence-corrected chi connectivity index (χ2v) is 8.85. The van der Waals surface area contributed by atoms with Crippen molar-refractivity contribution in [3.8, 4) is 11.5 Å². The van der Waals surface area contributed by atoms with E-state index in [-0.39, 0.29) is 36.0 Å². The highest BCUT2D eigenvalue weighted by molar-refractivity contribution is 5.45. The van der Waals surface area contributed by atoms with Crippen LogP contribution in [0.1, 0.15) is 43.7 Å². The lowest BCUT2D eigenvalue weighted by molar-refractivity contribution is -0.138. The Morgan fingerprint density at radius 3 is 2.12 bits per heavy atom. The molecule has 4 rings (SSSR count). The number of pyridine rings is 1. The number of hydrogen-bond acceptors (Lipinski definition) is 4. The van der Waals surface area contributed by atoms with Gasteiger partial charge in [0.1, 0.15) is 11.9 Å². The zero-order valence-corrected chi connectivity index (χ0v) is 18.6. The van der Waals surface area contributed by atoms with E-state index >= 15 is 0 Å². The SMILES string of the molecule is CCCOc1cc(C(F)(F)F)ccc1OC1[C@@H]2CCC[C@H]1CN(c1ccc(C(F)(F)F)cn1)C2. The van der Waals surface area contributed by atoms with Gasteiger partial charge in [0.15, 0.2) is 11.5 Å². The standard InChI is InChI=1S/C24H26F6N2O2/c1-2-10-33-20-11-17(23(25,26)27)6-8-19(20)34-22-15-4-3-5-16(22)14-32(13-15)21-9-7-18(12-31-21)24(28,29)30/h6-9,11-12,15-16,22H,2-5,10,13-14H2,1H3/t15-,16+,22?. The molecule has 2 bridgehead atoms. The third kappa shape index (κ3) is 5.36. The Kier molecular flexibility index (Phi) is 6.87. The summed E-state index contributed by atoms with van der Waals surface area (Å²) >= 11 is 0. The summed E-state index contributed by atoms with van der Waals surface area (Å²) in [4.78, 5) is 5.99. The van der Waals surface area contributed by atoms with Gasteiger partial charge in [-0.2, -0.15) is 26.3 Å². The Balaban J connectivity index is 1.52. The fourth-order valence-corrected chi connectivity index (χ4v) is 4.76. The van der Waals surface area contributed by atoms with E-state index in [2.05, 4.69) is 4.98 Å². The molecule has 0 N–H and O–H groups in total. The van der Waals surface area contributed by atoms with Crippen molar-refractivity contribution in [2.45, 2.75) is 51.1 Å². The minimum absolute atomic E-state index is 0.0675. The molecule has 10 heteroatoms. The predicted molar refractivity (Wildman–Crippen MR) is 114 cm³/mol. The lowest BCUT2D eigenvalue weighted by atomic mass is 9.75. The van der Waals surface area contributed by atoms with Crippen LogP contribution in [-0.4, -0.2) is 30.8 Å². The molecule has 2 aromatic rings. The normalized spacial score (nSPS) is 23.0. The monoisotopic (exact) mass is 488 g/mol. The van der Waals surface area contributed by atoms with Gasteiger partial charge in [-0.25, -0.2) is 4.98 Å². The summed E-state index contributed by atoms with van der Waals surface area (Å²) in [5.74, 6) is 0.965. The third-order valence-corrected chi connectivity index (χ3v) is 6.38. The zero-order chi connectivity index (χ0) is 24.5. The van der Waals surface area contributed by atoms with Crippen molar-refractivity contribution < 1.29 is 35.8 Å². The first-order valence-corrected chi connectivity index (χ1v) is 11.3.